The Balaban J connectivity index is 2.83. The quantitative estimate of drug-likeness (QED) is 0.529. The second-order valence-corrected chi connectivity index (χ2v) is 2.10. The molecule has 1 amide bonds. The molecule has 0 saturated heterocycles. The number of nitrogens with one attached hydrogen (secondary N) is 1. The summed E-state index contributed by atoms with van der Waals surface area (Å²) in [5.74, 6) is 0.0719. The average molecular weight is 192 g/mol. The van der Waals surface area contributed by atoms with E-state index in [4.69, 9.17) is 0 Å². The normalized spacial score (nSPS) is 7.67. The second-order valence-electron chi connectivity index (χ2n) is 0.937. The van der Waals surface area contributed by atoms with Crippen LogP contribution in [-0.4, -0.2) is 33.0 Å². The van der Waals surface area contributed by atoms with E-state index in [1.54, 1.807) is 0 Å². The molecule has 3 heteroatoms. The molecule has 0 unspecified atom stereocenters. The van der Waals surface area contributed by atoms with Crippen LogP contribution in [0.3, 0.4) is 0 Å². The molecule has 0 heterocycles. The molecule has 0 saturated carbocycles. The van der Waals surface area contributed by atoms with Crippen molar-refractivity contribution < 1.29 is 4.79 Å². The van der Waals surface area contributed by atoms with Crippen molar-refractivity contribution in [3.05, 3.63) is 0 Å². The molecule has 34 valence electrons. The first kappa shape index (κ1) is 6.27. The van der Waals surface area contributed by atoms with Gasteiger partial charge in [0.1, 0.15) is 0 Å². The van der Waals surface area contributed by atoms with Gasteiger partial charge in [0.15, 0.2) is 0 Å². The van der Waals surface area contributed by atoms with Gasteiger partial charge in [0.2, 0.25) is 0 Å². The van der Waals surface area contributed by atoms with Crippen molar-refractivity contribution >= 4 is 28.4 Å². The van der Waals surface area contributed by atoms with Crippen LogP contribution in [0.15, 0.2) is 0 Å². The molecule has 0 atom stereocenters. The third-order valence-electron chi connectivity index (χ3n) is 0.351. The number of carbonyl (C=O) groups is 1. The summed E-state index contributed by atoms with van der Waals surface area (Å²) in [7, 11) is 0. The molecule has 0 rings (SSSR count). The molecule has 0 aromatic rings. The number of hydrogen-bond donors (Lipinski definition) is 1. The van der Waals surface area contributed by atoms with Gasteiger partial charge in [-0.25, -0.2) is 0 Å². The van der Waals surface area contributed by atoms with Crippen molar-refractivity contribution in [2.75, 3.05) is 4.56 Å². The predicted octanol–water partition coefficient (Wildman–Crippen LogP) is -1.02. The summed E-state index contributed by atoms with van der Waals surface area (Å²) in [6.07, 6.45) is 0. The summed E-state index contributed by atoms with van der Waals surface area (Å²) in [4.78, 5) is 9.95. The van der Waals surface area contributed by atoms with Gasteiger partial charge in [-0.1, -0.05) is 0 Å². The standard InChI is InChI=1S/C3H6NO.Sn.H/c1-3(5)4-2;;/h2H2,1H3,(H,4,5);;. The van der Waals surface area contributed by atoms with E-state index in [9.17, 15) is 4.79 Å². The SMILES string of the molecule is CC(=O)N[CH2][SnH]. The van der Waals surface area contributed by atoms with Gasteiger partial charge in [0.25, 0.3) is 0 Å². The molecule has 2 nitrogen and oxygen atoms in total. The van der Waals surface area contributed by atoms with E-state index < -0.39 is 0 Å². The van der Waals surface area contributed by atoms with Crippen LogP contribution >= 0.6 is 0 Å². The minimum absolute atomic E-state index is 0.0719. The summed E-state index contributed by atoms with van der Waals surface area (Å²) in [6.45, 7) is 1.52. The Morgan fingerprint density at radius 2 is 2.50 bits per heavy atom. The maximum absolute atomic E-state index is 9.95. The Morgan fingerprint density at radius 3 is 2.50 bits per heavy atom. The molecule has 2 radical (unpaired) electrons. The van der Waals surface area contributed by atoms with Crippen LogP contribution in [0.25, 0.3) is 0 Å². The third-order valence-corrected chi connectivity index (χ3v) is 0.934. The molecule has 0 aromatic heterocycles. The Kier molecular flexibility index (Phi) is 3.61. The molecule has 0 bridgehead atoms. The van der Waals surface area contributed by atoms with E-state index in [0.29, 0.717) is 0 Å². The van der Waals surface area contributed by atoms with Crippen molar-refractivity contribution in [2.45, 2.75) is 6.92 Å². The van der Waals surface area contributed by atoms with Crippen molar-refractivity contribution in [3.8, 4) is 0 Å². The van der Waals surface area contributed by atoms with Gasteiger partial charge in [-0.2, -0.15) is 0 Å². The summed E-state index contributed by atoms with van der Waals surface area (Å²) >= 11 is 1.11. The van der Waals surface area contributed by atoms with Crippen LogP contribution in [0.4, 0.5) is 0 Å². The maximum atomic E-state index is 9.95. The molecule has 0 aromatic carbocycles. The molecular weight excluding hydrogens is 185 g/mol. The summed E-state index contributed by atoms with van der Waals surface area (Å²) in [5, 5.41) is 2.63. The van der Waals surface area contributed by atoms with Gasteiger partial charge in [0, 0.05) is 0 Å². The van der Waals surface area contributed by atoms with Crippen molar-refractivity contribution in [1.82, 2.24) is 5.32 Å². The fraction of sp³-hybridized carbons (Fsp3) is 0.667. The zero-order valence-electron chi connectivity index (χ0n) is 3.69. The zero-order valence-corrected chi connectivity index (χ0v) is 6.99. The zero-order chi connectivity index (χ0) is 4.99. The predicted molar refractivity (Wildman–Crippen MR) is 25.8 cm³/mol. The van der Waals surface area contributed by atoms with E-state index in [2.05, 4.69) is 5.32 Å². The van der Waals surface area contributed by atoms with Crippen molar-refractivity contribution in [1.29, 1.82) is 0 Å². The second kappa shape index (κ2) is 3.46. The first-order valence-corrected chi connectivity index (χ1v) is 4.05. The number of amides is 1. The van der Waals surface area contributed by atoms with Gasteiger partial charge < -0.3 is 0 Å². The average Bonchev–Trinajstić information content (AvgIpc) is 1.35. The fourth-order valence-corrected chi connectivity index (χ4v) is 0.964. The Hall–Kier alpha value is 0.269. The van der Waals surface area contributed by atoms with Gasteiger partial charge in [-0.15, -0.1) is 0 Å². The van der Waals surface area contributed by atoms with Crippen LogP contribution in [0, 0.1) is 0 Å². The fourth-order valence-electron chi connectivity index (χ4n) is 0.144. The molecule has 0 aliphatic carbocycles. The van der Waals surface area contributed by atoms with Crippen molar-refractivity contribution in [2.24, 2.45) is 0 Å². The summed E-state index contributed by atoms with van der Waals surface area (Å²) in [5.41, 5.74) is 0. The molecule has 1 N–H and O–H groups in total. The Labute approximate surface area is 50.4 Å². The number of carbonyl (C=O) groups excluding carboxylic acids is 1. The molecule has 0 spiro atoms. The van der Waals surface area contributed by atoms with Crippen LogP contribution in [0.1, 0.15) is 6.92 Å². The number of hydrogen-bond acceptors (Lipinski definition) is 1. The molecule has 0 aliphatic heterocycles. The van der Waals surface area contributed by atoms with E-state index in [0.717, 1.165) is 27.1 Å². The topological polar surface area (TPSA) is 29.1 Å². The van der Waals surface area contributed by atoms with Crippen LogP contribution < -0.4 is 5.32 Å². The molecular formula is C3H7NOSn. The van der Waals surface area contributed by atoms with Crippen LogP contribution in [0.2, 0.25) is 0 Å². The van der Waals surface area contributed by atoms with Crippen LogP contribution in [0.5, 0.6) is 0 Å². The summed E-state index contributed by atoms with van der Waals surface area (Å²) < 4.78 is 0.861. The Morgan fingerprint density at radius 1 is 2.00 bits per heavy atom. The monoisotopic (exact) mass is 193 g/mol. The van der Waals surface area contributed by atoms with E-state index in [1.165, 1.54) is 6.92 Å². The van der Waals surface area contributed by atoms with E-state index in [1.807, 2.05) is 0 Å². The van der Waals surface area contributed by atoms with E-state index in [-0.39, 0.29) is 5.91 Å². The number of rotatable bonds is 1. The molecule has 0 aliphatic rings. The molecule has 6 heavy (non-hydrogen) atoms. The summed E-state index contributed by atoms with van der Waals surface area (Å²) in [6, 6.07) is 0. The van der Waals surface area contributed by atoms with Gasteiger partial charge >= 0.3 is 50.0 Å². The third kappa shape index (κ3) is 4.27. The van der Waals surface area contributed by atoms with Gasteiger partial charge in [-0.3, -0.25) is 0 Å². The first-order valence-electron chi connectivity index (χ1n) is 1.72. The first-order chi connectivity index (χ1) is 2.77. The minimum atomic E-state index is 0.0719. The van der Waals surface area contributed by atoms with E-state index >= 15 is 0 Å². The van der Waals surface area contributed by atoms with Gasteiger partial charge in [-0.05, 0) is 0 Å². The van der Waals surface area contributed by atoms with Gasteiger partial charge in [0.05, 0.1) is 0 Å². The van der Waals surface area contributed by atoms with Crippen LogP contribution in [-0.2, 0) is 4.79 Å². The Bertz CT molecular complexity index is 54.8. The van der Waals surface area contributed by atoms with Crippen molar-refractivity contribution in [3.63, 3.8) is 0 Å². The molecule has 0 fully saturated rings.